The normalized spacial score (nSPS) is 9.40. The van der Waals surface area contributed by atoms with E-state index in [9.17, 15) is 4.79 Å². The van der Waals surface area contributed by atoms with Crippen molar-refractivity contribution in [3.63, 3.8) is 0 Å². The molecule has 0 bridgehead atoms. The Morgan fingerprint density at radius 2 is 1.80 bits per heavy atom. The second kappa shape index (κ2) is 7.01. The van der Waals surface area contributed by atoms with Crippen LogP contribution in [-0.2, 0) is 4.79 Å². The zero-order valence-electron chi connectivity index (χ0n) is 9.53. The van der Waals surface area contributed by atoms with Gasteiger partial charge in [0, 0.05) is 5.92 Å². The summed E-state index contributed by atoms with van der Waals surface area (Å²) in [5.41, 5.74) is 6.19. The smallest absolute Gasteiger partial charge is 0.148 e. The van der Waals surface area contributed by atoms with Crippen LogP contribution in [0.4, 0.5) is 0 Å². The molecule has 1 aromatic rings. The SMILES string of the molecule is CC(C)C(=O)CN.Cc1ccc(O)cc1. The molecule has 0 unspecified atom stereocenters. The number of hydrogen-bond acceptors (Lipinski definition) is 3. The lowest BCUT2D eigenvalue weighted by Crippen LogP contribution is -2.18. The first-order valence-electron chi connectivity index (χ1n) is 4.95. The zero-order valence-corrected chi connectivity index (χ0v) is 9.53. The monoisotopic (exact) mass is 209 g/mol. The molecule has 0 atom stereocenters. The van der Waals surface area contributed by atoms with Crippen molar-refractivity contribution in [2.24, 2.45) is 11.7 Å². The summed E-state index contributed by atoms with van der Waals surface area (Å²) in [7, 11) is 0. The molecule has 15 heavy (non-hydrogen) atoms. The van der Waals surface area contributed by atoms with Gasteiger partial charge in [-0.25, -0.2) is 0 Å². The maximum Gasteiger partial charge on any atom is 0.148 e. The van der Waals surface area contributed by atoms with Gasteiger partial charge >= 0.3 is 0 Å². The molecule has 0 aliphatic heterocycles. The lowest BCUT2D eigenvalue weighted by Gasteiger charge is -1.96. The highest BCUT2D eigenvalue weighted by molar-refractivity contribution is 5.81. The molecule has 3 nitrogen and oxygen atoms in total. The number of carbonyl (C=O) groups excluding carboxylic acids is 1. The minimum absolute atomic E-state index is 0.102. The molecule has 1 rings (SSSR count). The number of aryl methyl sites for hydroxylation is 1. The van der Waals surface area contributed by atoms with Crippen LogP contribution in [0, 0.1) is 12.8 Å². The molecule has 0 heterocycles. The molecule has 0 saturated carbocycles. The van der Waals surface area contributed by atoms with Crippen molar-refractivity contribution in [3.05, 3.63) is 29.8 Å². The second-order valence-electron chi connectivity index (χ2n) is 3.66. The number of carbonyl (C=O) groups is 1. The number of Topliss-reactive ketones (excluding diaryl/α,β-unsaturated/α-hetero) is 1. The largest absolute Gasteiger partial charge is 0.508 e. The van der Waals surface area contributed by atoms with Crippen LogP contribution >= 0.6 is 0 Å². The summed E-state index contributed by atoms with van der Waals surface area (Å²) in [6, 6.07) is 7.09. The Bertz CT molecular complexity index is 270. The van der Waals surface area contributed by atoms with Crippen molar-refractivity contribution >= 4 is 5.78 Å². The van der Waals surface area contributed by atoms with Gasteiger partial charge < -0.3 is 10.8 Å². The highest BCUT2D eigenvalue weighted by Gasteiger charge is 2.01. The van der Waals surface area contributed by atoms with Crippen LogP contribution in [0.15, 0.2) is 24.3 Å². The molecule has 0 radical (unpaired) electrons. The van der Waals surface area contributed by atoms with E-state index in [1.54, 1.807) is 12.1 Å². The Kier molecular flexibility index (Phi) is 6.38. The van der Waals surface area contributed by atoms with Crippen molar-refractivity contribution in [2.45, 2.75) is 20.8 Å². The third-order valence-electron chi connectivity index (χ3n) is 1.88. The van der Waals surface area contributed by atoms with Gasteiger partial charge in [-0.1, -0.05) is 31.5 Å². The Morgan fingerprint density at radius 3 is 2.00 bits per heavy atom. The molecule has 0 aliphatic carbocycles. The Hall–Kier alpha value is -1.35. The first kappa shape index (κ1) is 13.7. The van der Waals surface area contributed by atoms with Crippen LogP contribution in [0.2, 0.25) is 0 Å². The standard InChI is InChI=1S/C7H8O.C5H11NO/c1-6-2-4-7(8)5-3-6;1-4(2)5(7)3-6/h2-5,8H,1H3;4H,3,6H2,1-2H3. The first-order valence-corrected chi connectivity index (χ1v) is 4.95. The maximum atomic E-state index is 10.4. The van der Waals surface area contributed by atoms with Gasteiger partial charge in [0.2, 0.25) is 0 Å². The van der Waals surface area contributed by atoms with Crippen molar-refractivity contribution in [3.8, 4) is 5.75 Å². The molecular weight excluding hydrogens is 190 g/mol. The van der Waals surface area contributed by atoms with Crippen molar-refractivity contribution < 1.29 is 9.90 Å². The van der Waals surface area contributed by atoms with E-state index in [-0.39, 0.29) is 18.2 Å². The number of phenols is 1. The van der Waals surface area contributed by atoms with Gasteiger partial charge in [-0.3, -0.25) is 4.79 Å². The predicted octanol–water partition coefficient (Wildman–Crippen LogP) is 1.87. The van der Waals surface area contributed by atoms with E-state index in [2.05, 4.69) is 0 Å². The lowest BCUT2D eigenvalue weighted by molar-refractivity contribution is -0.120. The lowest BCUT2D eigenvalue weighted by atomic mass is 10.1. The molecule has 0 fully saturated rings. The van der Waals surface area contributed by atoms with Crippen molar-refractivity contribution in [1.29, 1.82) is 0 Å². The van der Waals surface area contributed by atoms with Crippen LogP contribution in [0.1, 0.15) is 19.4 Å². The van der Waals surface area contributed by atoms with Crippen LogP contribution < -0.4 is 5.73 Å². The average Bonchev–Trinajstić information content (AvgIpc) is 2.22. The van der Waals surface area contributed by atoms with Gasteiger partial charge in [0.15, 0.2) is 0 Å². The van der Waals surface area contributed by atoms with Crippen LogP contribution in [0.25, 0.3) is 0 Å². The quantitative estimate of drug-likeness (QED) is 0.781. The third-order valence-corrected chi connectivity index (χ3v) is 1.88. The molecule has 3 N–H and O–H groups in total. The highest BCUT2D eigenvalue weighted by atomic mass is 16.3. The van der Waals surface area contributed by atoms with Crippen molar-refractivity contribution in [2.75, 3.05) is 6.54 Å². The van der Waals surface area contributed by atoms with Gasteiger partial charge in [-0.2, -0.15) is 0 Å². The van der Waals surface area contributed by atoms with Gasteiger partial charge in [0.25, 0.3) is 0 Å². The third kappa shape index (κ3) is 6.69. The predicted molar refractivity (Wildman–Crippen MR) is 61.7 cm³/mol. The van der Waals surface area contributed by atoms with Crippen LogP contribution in [0.5, 0.6) is 5.75 Å². The summed E-state index contributed by atoms with van der Waals surface area (Å²) in [6.45, 7) is 5.85. The summed E-state index contributed by atoms with van der Waals surface area (Å²) < 4.78 is 0. The van der Waals surface area contributed by atoms with E-state index >= 15 is 0 Å². The molecule has 0 aromatic heterocycles. The molecule has 0 amide bonds. The fourth-order valence-corrected chi connectivity index (χ4v) is 0.780. The number of phenolic OH excluding ortho intramolecular Hbond substituents is 1. The summed E-state index contributed by atoms with van der Waals surface area (Å²) in [4.78, 5) is 10.4. The highest BCUT2D eigenvalue weighted by Crippen LogP contribution is 2.07. The first-order chi connectivity index (χ1) is 6.97. The molecular formula is C12H19NO2. The van der Waals surface area contributed by atoms with Gasteiger partial charge in [-0.15, -0.1) is 0 Å². The van der Waals surface area contributed by atoms with Crippen LogP contribution in [-0.4, -0.2) is 17.4 Å². The van der Waals surface area contributed by atoms with E-state index < -0.39 is 0 Å². The molecule has 84 valence electrons. The Morgan fingerprint density at radius 1 is 1.33 bits per heavy atom. The molecule has 0 saturated heterocycles. The van der Waals surface area contributed by atoms with Gasteiger partial charge in [0.1, 0.15) is 11.5 Å². The molecule has 0 spiro atoms. The van der Waals surface area contributed by atoms with Crippen molar-refractivity contribution in [1.82, 2.24) is 0 Å². The minimum Gasteiger partial charge on any atom is -0.508 e. The number of nitrogens with two attached hydrogens (primary N) is 1. The van der Waals surface area contributed by atoms with E-state index in [1.807, 2.05) is 32.9 Å². The van der Waals surface area contributed by atoms with E-state index in [4.69, 9.17) is 10.8 Å². The summed E-state index contributed by atoms with van der Waals surface area (Å²) in [6.07, 6.45) is 0. The molecule has 0 aliphatic rings. The zero-order chi connectivity index (χ0) is 11.8. The average molecular weight is 209 g/mol. The van der Waals surface area contributed by atoms with Crippen LogP contribution in [0.3, 0.4) is 0 Å². The topological polar surface area (TPSA) is 63.3 Å². The van der Waals surface area contributed by atoms with E-state index in [0.717, 1.165) is 0 Å². The summed E-state index contributed by atoms with van der Waals surface area (Å²) >= 11 is 0. The van der Waals surface area contributed by atoms with Gasteiger partial charge in [0.05, 0.1) is 6.54 Å². The number of hydrogen-bond donors (Lipinski definition) is 2. The number of rotatable bonds is 2. The summed E-state index contributed by atoms with van der Waals surface area (Å²) in [5, 5.41) is 8.76. The molecule has 3 heteroatoms. The number of ketones is 1. The number of aromatic hydroxyl groups is 1. The van der Waals surface area contributed by atoms with E-state index in [0.29, 0.717) is 5.75 Å². The van der Waals surface area contributed by atoms with Gasteiger partial charge in [-0.05, 0) is 19.1 Å². The number of benzene rings is 1. The maximum absolute atomic E-state index is 10.4. The minimum atomic E-state index is 0.102. The fraction of sp³-hybridized carbons (Fsp3) is 0.417. The summed E-state index contributed by atoms with van der Waals surface area (Å²) in [5.74, 6) is 0.556. The second-order valence-corrected chi connectivity index (χ2v) is 3.66. The Labute approximate surface area is 90.9 Å². The Balaban J connectivity index is 0.000000265. The fourth-order valence-electron chi connectivity index (χ4n) is 0.780. The van der Waals surface area contributed by atoms with E-state index in [1.165, 1.54) is 5.56 Å². The molecule has 1 aromatic carbocycles.